The summed E-state index contributed by atoms with van der Waals surface area (Å²) in [5, 5.41) is 11.3. The number of hydrogen-bond acceptors (Lipinski definition) is 4. The van der Waals surface area contributed by atoms with Crippen LogP contribution in [0.2, 0.25) is 0 Å². The third-order valence-electron chi connectivity index (χ3n) is 3.72. The van der Waals surface area contributed by atoms with E-state index in [0.717, 1.165) is 25.9 Å². The molecular formula is C13H24N4O4. The zero-order valence-corrected chi connectivity index (χ0v) is 12.5. The summed E-state index contributed by atoms with van der Waals surface area (Å²) in [6.07, 6.45) is 1.61. The van der Waals surface area contributed by atoms with Gasteiger partial charge in [0.2, 0.25) is 5.91 Å². The highest BCUT2D eigenvalue weighted by Gasteiger charge is 2.25. The normalized spacial score (nSPS) is 18.0. The van der Waals surface area contributed by atoms with Gasteiger partial charge in [-0.05, 0) is 38.9 Å². The molecule has 0 aromatic heterocycles. The number of urea groups is 1. The van der Waals surface area contributed by atoms with Crippen molar-refractivity contribution in [3.05, 3.63) is 0 Å². The lowest BCUT2D eigenvalue weighted by atomic mass is 9.97. The van der Waals surface area contributed by atoms with Gasteiger partial charge < -0.3 is 26.0 Å². The molecule has 0 bridgehead atoms. The highest BCUT2D eigenvalue weighted by molar-refractivity contribution is 5.87. The quantitative estimate of drug-likeness (QED) is 0.600. The highest BCUT2D eigenvalue weighted by Crippen LogP contribution is 2.16. The molecule has 1 aliphatic rings. The lowest BCUT2D eigenvalue weighted by Gasteiger charge is -2.32. The molecular weight excluding hydrogens is 276 g/mol. The third-order valence-corrected chi connectivity index (χ3v) is 3.72. The topological polar surface area (TPSA) is 116 Å². The SMILES string of the molecule is CN1CCC(CN(C)C(=O)NC(CC(N)=O)C(=O)O)CC1. The summed E-state index contributed by atoms with van der Waals surface area (Å²) in [5.41, 5.74) is 4.97. The second-order valence-corrected chi connectivity index (χ2v) is 5.64. The number of nitrogens with two attached hydrogens (primary N) is 1. The van der Waals surface area contributed by atoms with E-state index in [2.05, 4.69) is 17.3 Å². The Morgan fingerprint density at radius 2 is 1.95 bits per heavy atom. The molecule has 8 nitrogen and oxygen atoms in total. The van der Waals surface area contributed by atoms with E-state index in [1.807, 2.05) is 0 Å². The van der Waals surface area contributed by atoms with E-state index in [9.17, 15) is 14.4 Å². The minimum Gasteiger partial charge on any atom is -0.480 e. The average Bonchev–Trinajstić information content (AvgIpc) is 2.39. The van der Waals surface area contributed by atoms with Crippen molar-refractivity contribution in [3.8, 4) is 0 Å². The van der Waals surface area contributed by atoms with Crippen LogP contribution < -0.4 is 11.1 Å². The molecule has 0 aromatic carbocycles. The summed E-state index contributed by atoms with van der Waals surface area (Å²) in [7, 11) is 3.69. The number of primary amides is 1. The van der Waals surface area contributed by atoms with Crippen molar-refractivity contribution in [1.82, 2.24) is 15.1 Å². The smallest absolute Gasteiger partial charge is 0.326 e. The van der Waals surface area contributed by atoms with Gasteiger partial charge in [-0.15, -0.1) is 0 Å². The Labute approximate surface area is 124 Å². The minimum absolute atomic E-state index is 0.413. The first-order valence-corrected chi connectivity index (χ1v) is 7.01. The molecule has 0 aliphatic carbocycles. The van der Waals surface area contributed by atoms with Crippen molar-refractivity contribution in [1.29, 1.82) is 0 Å². The Bertz CT molecular complexity index is 394. The minimum atomic E-state index is -1.28. The Morgan fingerprint density at radius 3 is 2.43 bits per heavy atom. The van der Waals surface area contributed by atoms with Crippen LogP contribution in [-0.4, -0.2) is 72.6 Å². The maximum Gasteiger partial charge on any atom is 0.326 e. The van der Waals surface area contributed by atoms with Crippen LogP contribution >= 0.6 is 0 Å². The number of amides is 3. The molecule has 0 spiro atoms. The first-order chi connectivity index (χ1) is 9.79. The van der Waals surface area contributed by atoms with Gasteiger partial charge >= 0.3 is 12.0 Å². The van der Waals surface area contributed by atoms with Gasteiger partial charge in [0, 0.05) is 13.6 Å². The van der Waals surface area contributed by atoms with Crippen molar-refractivity contribution >= 4 is 17.9 Å². The number of carboxylic acids is 1. The fourth-order valence-corrected chi connectivity index (χ4v) is 2.38. The van der Waals surface area contributed by atoms with E-state index in [1.54, 1.807) is 7.05 Å². The van der Waals surface area contributed by atoms with E-state index in [1.165, 1.54) is 4.90 Å². The third kappa shape index (κ3) is 5.99. The molecule has 1 aliphatic heterocycles. The van der Waals surface area contributed by atoms with Gasteiger partial charge in [0.15, 0.2) is 0 Å². The van der Waals surface area contributed by atoms with Gasteiger partial charge in [-0.2, -0.15) is 0 Å². The second kappa shape index (κ2) is 7.82. The molecule has 1 fully saturated rings. The standard InChI is InChI=1S/C13H24N4O4/c1-16-5-3-9(4-6-16)8-17(2)13(21)15-10(12(19)20)7-11(14)18/h9-10H,3-8H2,1-2H3,(H2,14,18)(H,15,21)(H,19,20). The molecule has 0 aromatic rings. The molecule has 21 heavy (non-hydrogen) atoms. The van der Waals surface area contributed by atoms with Crippen LogP contribution in [0.1, 0.15) is 19.3 Å². The molecule has 3 amide bonds. The Hall–Kier alpha value is -1.83. The summed E-state index contributed by atoms with van der Waals surface area (Å²) in [5.74, 6) is -1.62. The molecule has 1 saturated heterocycles. The van der Waals surface area contributed by atoms with Crippen molar-refractivity contribution in [3.63, 3.8) is 0 Å². The van der Waals surface area contributed by atoms with Gasteiger partial charge in [-0.3, -0.25) is 4.79 Å². The van der Waals surface area contributed by atoms with Crippen molar-refractivity contribution in [2.24, 2.45) is 11.7 Å². The number of piperidine rings is 1. The molecule has 1 unspecified atom stereocenters. The zero-order valence-electron chi connectivity index (χ0n) is 12.5. The molecule has 0 radical (unpaired) electrons. The zero-order chi connectivity index (χ0) is 16.0. The van der Waals surface area contributed by atoms with Crippen molar-refractivity contribution < 1.29 is 19.5 Å². The number of nitrogens with one attached hydrogen (secondary N) is 1. The van der Waals surface area contributed by atoms with Crippen LogP contribution in [0.4, 0.5) is 4.79 Å². The molecule has 120 valence electrons. The number of hydrogen-bond donors (Lipinski definition) is 3. The predicted molar refractivity (Wildman–Crippen MR) is 76.6 cm³/mol. The van der Waals surface area contributed by atoms with Gasteiger partial charge in [-0.1, -0.05) is 0 Å². The molecule has 4 N–H and O–H groups in total. The lowest BCUT2D eigenvalue weighted by molar-refractivity contribution is -0.140. The lowest BCUT2D eigenvalue weighted by Crippen LogP contribution is -2.49. The maximum absolute atomic E-state index is 12.0. The first kappa shape index (κ1) is 17.2. The van der Waals surface area contributed by atoms with Crippen LogP contribution in [0.3, 0.4) is 0 Å². The molecule has 1 heterocycles. The second-order valence-electron chi connectivity index (χ2n) is 5.64. The number of carbonyl (C=O) groups excluding carboxylic acids is 2. The van der Waals surface area contributed by atoms with Gasteiger partial charge in [0.25, 0.3) is 0 Å². The van der Waals surface area contributed by atoms with E-state index < -0.39 is 30.4 Å². The van der Waals surface area contributed by atoms with E-state index in [4.69, 9.17) is 10.8 Å². The largest absolute Gasteiger partial charge is 0.480 e. The number of carboxylic acid groups (broad SMARTS) is 1. The fourth-order valence-electron chi connectivity index (χ4n) is 2.38. The van der Waals surface area contributed by atoms with Crippen LogP contribution in [0.25, 0.3) is 0 Å². The van der Waals surface area contributed by atoms with Crippen molar-refractivity contribution in [2.75, 3.05) is 33.7 Å². The van der Waals surface area contributed by atoms with Gasteiger partial charge in [-0.25, -0.2) is 9.59 Å². The average molecular weight is 300 g/mol. The Morgan fingerprint density at radius 1 is 1.38 bits per heavy atom. The Balaban J connectivity index is 2.45. The summed E-state index contributed by atoms with van der Waals surface area (Å²) < 4.78 is 0. The summed E-state index contributed by atoms with van der Waals surface area (Å²) in [6.45, 7) is 2.57. The van der Waals surface area contributed by atoms with Gasteiger partial charge in [0.1, 0.15) is 6.04 Å². The summed E-state index contributed by atoms with van der Waals surface area (Å²) in [4.78, 5) is 37.4. The van der Waals surface area contributed by atoms with Crippen LogP contribution in [0.15, 0.2) is 0 Å². The number of rotatable bonds is 6. The first-order valence-electron chi connectivity index (χ1n) is 7.01. The molecule has 1 rings (SSSR count). The number of aliphatic carboxylic acids is 1. The summed E-state index contributed by atoms with van der Waals surface area (Å²) >= 11 is 0. The van der Waals surface area contributed by atoms with E-state index >= 15 is 0 Å². The fraction of sp³-hybridized carbons (Fsp3) is 0.769. The number of nitrogens with zero attached hydrogens (tertiary/aromatic N) is 2. The van der Waals surface area contributed by atoms with Crippen LogP contribution in [0, 0.1) is 5.92 Å². The van der Waals surface area contributed by atoms with E-state index in [0.29, 0.717) is 12.5 Å². The molecule has 1 atom stereocenters. The van der Waals surface area contributed by atoms with Gasteiger partial charge in [0.05, 0.1) is 6.42 Å². The van der Waals surface area contributed by atoms with Crippen molar-refractivity contribution in [2.45, 2.75) is 25.3 Å². The maximum atomic E-state index is 12.0. The van der Waals surface area contributed by atoms with E-state index in [-0.39, 0.29) is 0 Å². The predicted octanol–water partition coefficient (Wildman–Crippen LogP) is -0.702. The molecule has 8 heteroatoms. The Kier molecular flexibility index (Phi) is 6.41. The summed E-state index contributed by atoms with van der Waals surface area (Å²) in [6, 6.07) is -1.78. The monoisotopic (exact) mass is 300 g/mol. The number of likely N-dealkylation sites (tertiary alicyclic amines) is 1. The number of carbonyl (C=O) groups is 3. The molecule has 0 saturated carbocycles. The van der Waals surface area contributed by atoms with Crippen LogP contribution in [0.5, 0.6) is 0 Å². The van der Waals surface area contributed by atoms with Crippen LogP contribution in [-0.2, 0) is 9.59 Å². The highest BCUT2D eigenvalue weighted by atomic mass is 16.4.